The van der Waals surface area contributed by atoms with Crippen LogP contribution in [0.2, 0.25) is 0 Å². The SMILES string of the molecule is Cc1c(Cc2ccccc2)c(=O)oc2cc3c(c(I)c12)C(=O)CC(C)O3. The fourth-order valence-corrected chi connectivity index (χ4v) is 4.72. The van der Waals surface area contributed by atoms with E-state index in [1.165, 1.54) is 0 Å². The van der Waals surface area contributed by atoms with E-state index in [1.54, 1.807) is 6.07 Å². The van der Waals surface area contributed by atoms with Gasteiger partial charge in [-0.2, -0.15) is 0 Å². The molecule has 1 unspecified atom stereocenters. The molecule has 132 valence electrons. The van der Waals surface area contributed by atoms with Crippen molar-refractivity contribution in [1.82, 2.24) is 0 Å². The predicted octanol–water partition coefficient (Wildman–Crippen LogP) is 4.65. The number of halogens is 1. The summed E-state index contributed by atoms with van der Waals surface area (Å²) >= 11 is 2.17. The van der Waals surface area contributed by atoms with Crippen LogP contribution in [0.3, 0.4) is 0 Å². The van der Waals surface area contributed by atoms with Crippen LogP contribution in [0.4, 0.5) is 0 Å². The van der Waals surface area contributed by atoms with Gasteiger partial charge in [-0.1, -0.05) is 30.3 Å². The summed E-state index contributed by atoms with van der Waals surface area (Å²) in [5.41, 5.74) is 3.25. The van der Waals surface area contributed by atoms with Crippen molar-refractivity contribution in [3.63, 3.8) is 0 Å². The summed E-state index contributed by atoms with van der Waals surface area (Å²) in [6, 6.07) is 11.5. The number of ketones is 1. The fraction of sp³-hybridized carbons (Fsp3) is 0.238. The molecule has 1 aliphatic heterocycles. The average molecular weight is 460 g/mol. The topological polar surface area (TPSA) is 56.5 Å². The van der Waals surface area contributed by atoms with Gasteiger partial charge in [0.25, 0.3) is 0 Å². The van der Waals surface area contributed by atoms with Crippen LogP contribution in [0, 0.1) is 10.5 Å². The zero-order valence-electron chi connectivity index (χ0n) is 14.5. The number of aryl methyl sites for hydroxylation is 1. The van der Waals surface area contributed by atoms with Crippen molar-refractivity contribution >= 4 is 39.3 Å². The molecule has 0 bridgehead atoms. The summed E-state index contributed by atoms with van der Waals surface area (Å²) < 4.78 is 12.2. The molecule has 0 aliphatic carbocycles. The Morgan fingerprint density at radius 1 is 1.19 bits per heavy atom. The third-order valence-corrected chi connectivity index (χ3v) is 5.85. The molecule has 0 saturated carbocycles. The Bertz CT molecular complexity index is 1080. The van der Waals surface area contributed by atoms with Crippen molar-refractivity contribution in [3.8, 4) is 5.75 Å². The molecule has 4 nitrogen and oxygen atoms in total. The standard InChI is InChI=1S/C21H17IO4/c1-11-8-15(23)19-17(25-11)10-16-18(20(19)22)12(2)14(21(24)26-16)9-13-6-4-3-5-7-13/h3-7,10-11H,8-9H2,1-2H3. The largest absolute Gasteiger partial charge is 0.489 e. The first kappa shape index (κ1) is 17.3. The number of rotatable bonds is 2. The zero-order valence-corrected chi connectivity index (χ0v) is 16.6. The summed E-state index contributed by atoms with van der Waals surface area (Å²) in [4.78, 5) is 25.1. The summed E-state index contributed by atoms with van der Waals surface area (Å²) in [6.07, 6.45) is 0.689. The monoisotopic (exact) mass is 460 g/mol. The van der Waals surface area contributed by atoms with Gasteiger partial charge in [-0.25, -0.2) is 4.79 Å². The number of hydrogen-bond donors (Lipinski definition) is 0. The van der Waals surface area contributed by atoms with Crippen LogP contribution in [0.1, 0.15) is 40.4 Å². The van der Waals surface area contributed by atoms with E-state index in [4.69, 9.17) is 9.15 Å². The molecule has 0 amide bonds. The Kier molecular flexibility index (Phi) is 4.34. The highest BCUT2D eigenvalue weighted by molar-refractivity contribution is 14.1. The Morgan fingerprint density at radius 3 is 2.65 bits per heavy atom. The maximum absolute atomic E-state index is 12.6. The van der Waals surface area contributed by atoms with E-state index < -0.39 is 0 Å². The Balaban J connectivity index is 1.95. The molecular formula is C21H17IO4. The molecule has 0 fully saturated rings. The van der Waals surface area contributed by atoms with Gasteiger partial charge >= 0.3 is 5.63 Å². The summed E-state index contributed by atoms with van der Waals surface area (Å²) in [5.74, 6) is 0.573. The first-order chi connectivity index (χ1) is 12.5. The van der Waals surface area contributed by atoms with Crippen LogP contribution >= 0.6 is 22.6 Å². The second kappa shape index (κ2) is 6.54. The maximum Gasteiger partial charge on any atom is 0.340 e. The molecule has 0 saturated heterocycles. The third kappa shape index (κ3) is 2.84. The minimum atomic E-state index is -0.343. The van der Waals surface area contributed by atoms with E-state index in [1.807, 2.05) is 44.2 Å². The second-order valence-electron chi connectivity index (χ2n) is 6.65. The smallest absolute Gasteiger partial charge is 0.340 e. The molecule has 1 atom stereocenters. The van der Waals surface area contributed by atoms with E-state index >= 15 is 0 Å². The van der Waals surface area contributed by atoms with Crippen LogP contribution < -0.4 is 10.4 Å². The molecular weight excluding hydrogens is 443 g/mol. The minimum absolute atomic E-state index is 0.0697. The Hall–Kier alpha value is -2.15. The van der Waals surface area contributed by atoms with E-state index in [9.17, 15) is 9.59 Å². The average Bonchev–Trinajstić information content (AvgIpc) is 2.58. The molecule has 0 spiro atoms. The number of ether oxygens (including phenoxy) is 1. The van der Waals surface area contributed by atoms with Gasteiger partial charge < -0.3 is 9.15 Å². The molecule has 2 heterocycles. The molecule has 4 rings (SSSR count). The van der Waals surface area contributed by atoms with Crippen molar-refractivity contribution in [2.45, 2.75) is 32.8 Å². The fourth-order valence-electron chi connectivity index (χ4n) is 3.48. The lowest BCUT2D eigenvalue weighted by Crippen LogP contribution is -2.25. The van der Waals surface area contributed by atoms with Crippen LogP contribution in [-0.4, -0.2) is 11.9 Å². The number of hydrogen-bond acceptors (Lipinski definition) is 4. The lowest BCUT2D eigenvalue weighted by atomic mass is 9.95. The number of fused-ring (bicyclic) bond motifs is 2. The summed E-state index contributed by atoms with van der Waals surface area (Å²) in [7, 11) is 0. The Morgan fingerprint density at radius 2 is 1.92 bits per heavy atom. The molecule has 26 heavy (non-hydrogen) atoms. The van der Waals surface area contributed by atoms with Crippen LogP contribution in [-0.2, 0) is 6.42 Å². The van der Waals surface area contributed by atoms with Gasteiger partial charge in [-0.15, -0.1) is 0 Å². The molecule has 1 aliphatic rings. The number of benzene rings is 2. The van der Waals surface area contributed by atoms with Gasteiger partial charge in [0, 0.05) is 33.4 Å². The van der Waals surface area contributed by atoms with Gasteiger partial charge in [-0.05, 0) is 47.6 Å². The number of carbonyl (C=O) groups excluding carboxylic acids is 1. The highest BCUT2D eigenvalue weighted by atomic mass is 127. The van der Waals surface area contributed by atoms with E-state index in [0.717, 1.165) is 20.1 Å². The van der Waals surface area contributed by atoms with Crippen molar-refractivity contribution in [1.29, 1.82) is 0 Å². The molecule has 5 heteroatoms. The summed E-state index contributed by atoms with van der Waals surface area (Å²) in [6.45, 7) is 3.78. The van der Waals surface area contributed by atoms with E-state index in [0.29, 0.717) is 35.3 Å². The molecule has 0 N–H and O–H groups in total. The van der Waals surface area contributed by atoms with Gasteiger partial charge in [0.2, 0.25) is 0 Å². The molecule has 0 radical (unpaired) electrons. The third-order valence-electron chi connectivity index (χ3n) is 4.77. The molecule has 1 aromatic heterocycles. The molecule has 3 aromatic rings. The van der Waals surface area contributed by atoms with E-state index in [2.05, 4.69) is 22.6 Å². The van der Waals surface area contributed by atoms with Crippen molar-refractivity contribution in [2.75, 3.05) is 0 Å². The van der Waals surface area contributed by atoms with E-state index in [-0.39, 0.29) is 17.5 Å². The number of Topliss-reactive ketones (excluding diaryl/α,β-unsaturated/α-hetero) is 1. The highest BCUT2D eigenvalue weighted by Gasteiger charge is 2.29. The first-order valence-electron chi connectivity index (χ1n) is 8.48. The second-order valence-corrected chi connectivity index (χ2v) is 7.73. The predicted molar refractivity (Wildman–Crippen MR) is 108 cm³/mol. The molecule has 2 aromatic carbocycles. The normalized spacial score (nSPS) is 16.4. The minimum Gasteiger partial charge on any atom is -0.489 e. The van der Waals surface area contributed by atoms with Gasteiger partial charge in [-0.3, -0.25) is 4.79 Å². The first-order valence-corrected chi connectivity index (χ1v) is 9.56. The quantitative estimate of drug-likeness (QED) is 0.413. The van der Waals surface area contributed by atoms with Crippen molar-refractivity contribution in [3.05, 3.63) is 72.6 Å². The lowest BCUT2D eigenvalue weighted by molar-refractivity contribution is 0.0870. The number of carbonyl (C=O) groups is 1. The van der Waals surface area contributed by atoms with Gasteiger partial charge in [0.1, 0.15) is 17.4 Å². The maximum atomic E-state index is 12.6. The summed E-state index contributed by atoms with van der Waals surface area (Å²) in [5, 5.41) is 0.821. The highest BCUT2D eigenvalue weighted by Crippen LogP contribution is 2.38. The van der Waals surface area contributed by atoms with Crippen molar-refractivity contribution in [2.24, 2.45) is 0 Å². The van der Waals surface area contributed by atoms with Crippen LogP contribution in [0.25, 0.3) is 11.0 Å². The van der Waals surface area contributed by atoms with Crippen LogP contribution in [0.15, 0.2) is 45.6 Å². The zero-order chi connectivity index (χ0) is 18.4. The van der Waals surface area contributed by atoms with Gasteiger partial charge in [0.15, 0.2) is 5.78 Å². The lowest BCUT2D eigenvalue weighted by Gasteiger charge is -2.24. The Labute approximate surface area is 164 Å². The van der Waals surface area contributed by atoms with Crippen molar-refractivity contribution < 1.29 is 13.9 Å². The van der Waals surface area contributed by atoms with Gasteiger partial charge in [0.05, 0.1) is 5.56 Å². The van der Waals surface area contributed by atoms with Crippen LogP contribution in [0.5, 0.6) is 5.75 Å².